The van der Waals surface area contributed by atoms with Crippen molar-refractivity contribution in [3.05, 3.63) is 17.5 Å². The van der Waals surface area contributed by atoms with E-state index in [-0.39, 0.29) is 0 Å². The molecule has 0 fully saturated rings. The van der Waals surface area contributed by atoms with E-state index in [1.807, 2.05) is 13.1 Å². The molecule has 0 saturated heterocycles. The van der Waals surface area contributed by atoms with Crippen LogP contribution in [-0.4, -0.2) is 35.1 Å². The second kappa shape index (κ2) is 3.92. The molecule has 0 aromatic carbocycles. The van der Waals surface area contributed by atoms with Crippen molar-refractivity contribution in [1.82, 2.24) is 14.9 Å². The molecule has 0 aliphatic carbocycles. The van der Waals surface area contributed by atoms with Crippen LogP contribution >= 0.6 is 0 Å². The van der Waals surface area contributed by atoms with Crippen molar-refractivity contribution in [2.75, 3.05) is 20.2 Å². The summed E-state index contributed by atoms with van der Waals surface area (Å²) in [6.07, 6.45) is 2.87. The molecule has 0 unspecified atom stereocenters. The van der Waals surface area contributed by atoms with Crippen molar-refractivity contribution in [3.8, 4) is 6.01 Å². The highest BCUT2D eigenvalue weighted by molar-refractivity contribution is 5.21. The second-order valence-electron chi connectivity index (χ2n) is 3.55. The summed E-state index contributed by atoms with van der Waals surface area (Å²) in [4.78, 5) is 10.8. The molecule has 2 heterocycles. The van der Waals surface area contributed by atoms with Crippen molar-refractivity contribution in [1.29, 1.82) is 0 Å². The second-order valence-corrected chi connectivity index (χ2v) is 3.55. The standard InChI is InChI=1S/C10H15N3O/c1-3-14-10-11-6-8-7-13(2)5-4-9(8)12-10/h6H,3-5,7H2,1-2H3. The SMILES string of the molecule is CCOc1ncc2c(n1)CCN(C)C2. The molecule has 0 amide bonds. The van der Waals surface area contributed by atoms with Gasteiger partial charge in [0.25, 0.3) is 0 Å². The normalized spacial score (nSPS) is 16.4. The molecule has 1 aromatic rings. The van der Waals surface area contributed by atoms with Gasteiger partial charge in [-0.25, -0.2) is 4.98 Å². The predicted octanol–water partition coefficient (Wildman–Crippen LogP) is 0.863. The Labute approximate surface area is 83.9 Å². The van der Waals surface area contributed by atoms with E-state index >= 15 is 0 Å². The zero-order chi connectivity index (χ0) is 9.97. The third kappa shape index (κ3) is 1.85. The molecule has 1 aliphatic heterocycles. The Kier molecular flexibility index (Phi) is 2.63. The van der Waals surface area contributed by atoms with Gasteiger partial charge < -0.3 is 9.64 Å². The first kappa shape index (κ1) is 9.40. The van der Waals surface area contributed by atoms with E-state index in [4.69, 9.17) is 4.74 Å². The molecule has 4 heteroatoms. The van der Waals surface area contributed by atoms with Crippen LogP contribution in [-0.2, 0) is 13.0 Å². The van der Waals surface area contributed by atoms with Crippen LogP contribution in [0.3, 0.4) is 0 Å². The summed E-state index contributed by atoms with van der Waals surface area (Å²) in [6.45, 7) is 4.58. The molecule has 0 bridgehead atoms. The number of hydrogen-bond donors (Lipinski definition) is 0. The highest BCUT2D eigenvalue weighted by Crippen LogP contribution is 2.16. The van der Waals surface area contributed by atoms with Gasteiger partial charge in [0.1, 0.15) is 0 Å². The number of ether oxygens (including phenoxy) is 1. The van der Waals surface area contributed by atoms with E-state index in [0.717, 1.165) is 25.2 Å². The van der Waals surface area contributed by atoms with E-state index < -0.39 is 0 Å². The molecule has 0 atom stereocenters. The van der Waals surface area contributed by atoms with Gasteiger partial charge in [0, 0.05) is 31.3 Å². The topological polar surface area (TPSA) is 38.3 Å². The number of fused-ring (bicyclic) bond motifs is 1. The molecular weight excluding hydrogens is 178 g/mol. The summed E-state index contributed by atoms with van der Waals surface area (Å²) >= 11 is 0. The fraction of sp³-hybridized carbons (Fsp3) is 0.600. The monoisotopic (exact) mass is 193 g/mol. The molecule has 1 aliphatic rings. The highest BCUT2D eigenvalue weighted by atomic mass is 16.5. The lowest BCUT2D eigenvalue weighted by Gasteiger charge is -2.23. The molecule has 0 spiro atoms. The summed E-state index contributed by atoms with van der Waals surface area (Å²) in [5, 5.41) is 0. The van der Waals surface area contributed by atoms with Gasteiger partial charge in [-0.1, -0.05) is 0 Å². The van der Waals surface area contributed by atoms with Crippen molar-refractivity contribution in [2.24, 2.45) is 0 Å². The average Bonchev–Trinajstić information content (AvgIpc) is 2.19. The Hall–Kier alpha value is -1.16. The van der Waals surface area contributed by atoms with E-state index in [1.54, 1.807) is 0 Å². The summed E-state index contributed by atoms with van der Waals surface area (Å²) in [7, 11) is 2.11. The third-order valence-corrected chi connectivity index (χ3v) is 2.38. The molecule has 0 saturated carbocycles. The molecular formula is C10H15N3O. The van der Waals surface area contributed by atoms with Crippen molar-refractivity contribution < 1.29 is 4.74 Å². The number of aromatic nitrogens is 2. The van der Waals surface area contributed by atoms with Crippen LogP contribution in [0.15, 0.2) is 6.20 Å². The van der Waals surface area contributed by atoms with Crippen LogP contribution in [0, 0.1) is 0 Å². The van der Waals surface area contributed by atoms with Gasteiger partial charge in [-0.05, 0) is 14.0 Å². The largest absolute Gasteiger partial charge is 0.464 e. The Morgan fingerprint density at radius 1 is 1.57 bits per heavy atom. The molecule has 76 valence electrons. The minimum atomic E-state index is 0.510. The minimum absolute atomic E-state index is 0.510. The maximum Gasteiger partial charge on any atom is 0.316 e. The number of hydrogen-bond acceptors (Lipinski definition) is 4. The zero-order valence-electron chi connectivity index (χ0n) is 8.66. The summed E-state index contributed by atoms with van der Waals surface area (Å²) in [6, 6.07) is 0.510. The Bertz CT molecular complexity index is 327. The maximum absolute atomic E-state index is 5.26. The van der Waals surface area contributed by atoms with Crippen LogP contribution in [0.4, 0.5) is 0 Å². The van der Waals surface area contributed by atoms with Crippen LogP contribution in [0.2, 0.25) is 0 Å². The molecule has 1 aromatic heterocycles. The van der Waals surface area contributed by atoms with Gasteiger partial charge in [-0.15, -0.1) is 0 Å². The number of rotatable bonds is 2. The Balaban J connectivity index is 2.22. The number of likely N-dealkylation sites (N-methyl/N-ethyl adjacent to an activating group) is 1. The zero-order valence-corrected chi connectivity index (χ0v) is 8.66. The minimum Gasteiger partial charge on any atom is -0.464 e. The van der Waals surface area contributed by atoms with Gasteiger partial charge in [-0.3, -0.25) is 0 Å². The van der Waals surface area contributed by atoms with Crippen LogP contribution in [0.25, 0.3) is 0 Å². The molecule has 14 heavy (non-hydrogen) atoms. The lowest BCUT2D eigenvalue weighted by Crippen LogP contribution is -2.27. The first-order valence-corrected chi connectivity index (χ1v) is 4.95. The highest BCUT2D eigenvalue weighted by Gasteiger charge is 2.15. The molecule has 2 rings (SSSR count). The Morgan fingerprint density at radius 2 is 2.43 bits per heavy atom. The van der Waals surface area contributed by atoms with Crippen LogP contribution in [0.5, 0.6) is 6.01 Å². The molecule has 0 N–H and O–H groups in total. The van der Waals surface area contributed by atoms with Gasteiger partial charge in [-0.2, -0.15) is 4.98 Å². The lowest BCUT2D eigenvalue weighted by atomic mass is 10.1. The fourth-order valence-corrected chi connectivity index (χ4v) is 1.64. The average molecular weight is 193 g/mol. The first-order valence-electron chi connectivity index (χ1n) is 4.95. The van der Waals surface area contributed by atoms with Crippen LogP contribution < -0.4 is 4.74 Å². The van der Waals surface area contributed by atoms with E-state index in [1.165, 1.54) is 5.56 Å². The van der Waals surface area contributed by atoms with E-state index in [9.17, 15) is 0 Å². The van der Waals surface area contributed by atoms with Crippen molar-refractivity contribution in [3.63, 3.8) is 0 Å². The van der Waals surface area contributed by atoms with E-state index in [2.05, 4.69) is 21.9 Å². The van der Waals surface area contributed by atoms with Crippen molar-refractivity contribution in [2.45, 2.75) is 19.9 Å². The van der Waals surface area contributed by atoms with Crippen LogP contribution in [0.1, 0.15) is 18.2 Å². The van der Waals surface area contributed by atoms with Gasteiger partial charge in [0.15, 0.2) is 0 Å². The van der Waals surface area contributed by atoms with Gasteiger partial charge in [0.2, 0.25) is 0 Å². The van der Waals surface area contributed by atoms with E-state index in [0.29, 0.717) is 12.6 Å². The maximum atomic E-state index is 5.26. The third-order valence-electron chi connectivity index (χ3n) is 2.38. The lowest BCUT2D eigenvalue weighted by molar-refractivity contribution is 0.291. The number of nitrogens with zero attached hydrogens (tertiary/aromatic N) is 3. The molecule has 0 radical (unpaired) electrons. The van der Waals surface area contributed by atoms with Gasteiger partial charge in [0.05, 0.1) is 12.3 Å². The smallest absolute Gasteiger partial charge is 0.316 e. The summed E-state index contributed by atoms with van der Waals surface area (Å²) in [5.41, 5.74) is 2.36. The van der Waals surface area contributed by atoms with Gasteiger partial charge >= 0.3 is 6.01 Å². The molecule has 4 nitrogen and oxygen atoms in total. The fourth-order valence-electron chi connectivity index (χ4n) is 1.64. The summed E-state index contributed by atoms with van der Waals surface area (Å²) in [5.74, 6) is 0. The first-order chi connectivity index (χ1) is 6.79. The summed E-state index contributed by atoms with van der Waals surface area (Å²) < 4.78 is 5.26. The predicted molar refractivity (Wildman–Crippen MR) is 53.2 cm³/mol. The quantitative estimate of drug-likeness (QED) is 0.698. The Morgan fingerprint density at radius 3 is 3.21 bits per heavy atom. The van der Waals surface area contributed by atoms with Crippen molar-refractivity contribution >= 4 is 0 Å².